The molecule has 0 saturated carbocycles. The maximum absolute atomic E-state index is 14.5. The van der Waals surface area contributed by atoms with E-state index in [9.17, 15) is 24.0 Å². The second kappa shape index (κ2) is 13.2. The van der Waals surface area contributed by atoms with Crippen LogP contribution < -0.4 is 27.4 Å². The first-order valence-electron chi connectivity index (χ1n) is 16.1. The molecule has 3 aromatic rings. The van der Waals surface area contributed by atoms with Gasteiger partial charge < -0.3 is 32.3 Å². The zero-order valence-corrected chi connectivity index (χ0v) is 27.6. The second-order valence-corrected chi connectivity index (χ2v) is 13.8. The Kier molecular flexibility index (Phi) is 9.44. The third kappa shape index (κ3) is 6.60. The van der Waals surface area contributed by atoms with E-state index in [1.54, 1.807) is 38.2 Å². The van der Waals surface area contributed by atoms with E-state index in [0.29, 0.717) is 16.6 Å². The summed E-state index contributed by atoms with van der Waals surface area (Å²) in [5.74, 6) is -2.22. The minimum absolute atomic E-state index is 0.0811. The lowest BCUT2D eigenvalue weighted by molar-refractivity contribution is -0.144. The van der Waals surface area contributed by atoms with Crippen molar-refractivity contribution in [2.75, 3.05) is 13.6 Å². The molecule has 1 aliphatic heterocycles. The van der Waals surface area contributed by atoms with Crippen molar-refractivity contribution in [2.24, 2.45) is 16.9 Å². The Morgan fingerprint density at radius 3 is 2.38 bits per heavy atom. The Morgan fingerprint density at radius 1 is 1.00 bits per heavy atom. The minimum Gasteiger partial charge on any atom is -0.366 e. The molecular weight excluding hydrogens is 598 g/mol. The zero-order chi connectivity index (χ0) is 34.2. The average Bonchev–Trinajstić information content (AvgIpc) is 3.65. The molecule has 1 fully saturated rings. The number of fused-ring (bicyclic) bond motifs is 2. The van der Waals surface area contributed by atoms with Gasteiger partial charge in [0, 0.05) is 29.1 Å². The van der Waals surface area contributed by atoms with Crippen molar-refractivity contribution in [3.05, 3.63) is 70.9 Å². The van der Waals surface area contributed by atoms with Gasteiger partial charge in [0.05, 0.1) is 17.6 Å². The number of rotatable bonds is 8. The molecule has 2 aliphatic rings. The quantitative estimate of drug-likeness (QED) is 0.252. The van der Waals surface area contributed by atoms with E-state index in [1.165, 1.54) is 15.0 Å². The molecule has 47 heavy (non-hydrogen) atoms. The molecule has 250 valence electrons. The Bertz CT molecular complexity index is 1720. The van der Waals surface area contributed by atoms with Crippen LogP contribution in [0.2, 0.25) is 0 Å². The van der Waals surface area contributed by atoms with Crippen LogP contribution in [0.3, 0.4) is 0 Å². The van der Waals surface area contributed by atoms with Gasteiger partial charge in [-0.05, 0) is 74.4 Å². The molecule has 5 atom stereocenters. The smallest absolute Gasteiger partial charge is 0.323 e. The zero-order valence-electron chi connectivity index (χ0n) is 27.6. The molecule has 12 heteroatoms. The lowest BCUT2D eigenvalue weighted by Gasteiger charge is -2.36. The second-order valence-electron chi connectivity index (χ2n) is 13.8. The molecule has 2 unspecified atom stereocenters. The van der Waals surface area contributed by atoms with E-state index in [1.807, 2.05) is 39.0 Å². The van der Waals surface area contributed by atoms with E-state index in [0.717, 1.165) is 24.8 Å². The van der Waals surface area contributed by atoms with Crippen LogP contribution in [0.1, 0.15) is 86.1 Å². The maximum Gasteiger partial charge on any atom is 0.323 e. The summed E-state index contributed by atoms with van der Waals surface area (Å²) in [5.41, 5.74) is 14.2. The summed E-state index contributed by atoms with van der Waals surface area (Å²) in [5, 5.41) is 9.48. The minimum atomic E-state index is -0.946. The lowest BCUT2D eigenvalue weighted by Crippen LogP contribution is -2.59. The fourth-order valence-electron chi connectivity index (χ4n) is 6.94. The monoisotopic (exact) mass is 643 g/mol. The van der Waals surface area contributed by atoms with Crippen molar-refractivity contribution in [1.29, 1.82) is 0 Å². The first kappa shape index (κ1) is 33.6. The Hall–Kier alpha value is -4.71. The molecule has 1 saturated heterocycles. The summed E-state index contributed by atoms with van der Waals surface area (Å²) >= 11 is 0. The largest absolute Gasteiger partial charge is 0.366 e. The van der Waals surface area contributed by atoms with E-state index >= 15 is 0 Å². The summed E-state index contributed by atoms with van der Waals surface area (Å²) in [6.07, 6.45) is 2.81. The molecule has 5 rings (SSSR count). The van der Waals surface area contributed by atoms with Gasteiger partial charge in [-0.1, -0.05) is 51.1 Å². The highest BCUT2D eigenvalue weighted by atomic mass is 16.2. The summed E-state index contributed by atoms with van der Waals surface area (Å²) in [6, 6.07) is 11.2. The number of nitrogens with one attached hydrogen (secondary N) is 3. The average molecular weight is 644 g/mol. The van der Waals surface area contributed by atoms with Crippen molar-refractivity contribution in [3.8, 4) is 0 Å². The van der Waals surface area contributed by atoms with Gasteiger partial charge in [-0.3, -0.25) is 23.7 Å². The molecule has 1 aromatic heterocycles. The number of aromatic nitrogens is 1. The number of carbonyl (C=O) groups is 5. The molecular formula is C35H45N7O5. The number of carbonyl (C=O) groups excluding carboxylic acids is 5. The number of aryl methyl sites for hydroxylation is 1. The SMILES string of the molecule is CNC(C)C(=O)NC(C(=O)N1C[C@@H](c2cc3c(C(N)=O)cccc3n2C(N)=O)C[C@H]1C(=O)N[C@@H]1CCCc2ccccc21)C(C)(C)C. The highest BCUT2D eigenvalue weighted by Crippen LogP contribution is 2.38. The number of likely N-dealkylation sites (N-methyl/N-ethyl adjacent to an activating group) is 1. The number of benzene rings is 2. The molecule has 2 heterocycles. The van der Waals surface area contributed by atoms with Crippen LogP contribution in [0.5, 0.6) is 0 Å². The van der Waals surface area contributed by atoms with Crippen molar-refractivity contribution in [1.82, 2.24) is 25.4 Å². The van der Waals surface area contributed by atoms with Gasteiger partial charge in [0.1, 0.15) is 12.1 Å². The predicted octanol–water partition coefficient (Wildman–Crippen LogP) is 2.68. The van der Waals surface area contributed by atoms with Gasteiger partial charge in [-0.25, -0.2) is 4.79 Å². The Labute approximate surface area is 274 Å². The molecule has 5 amide bonds. The van der Waals surface area contributed by atoms with Crippen molar-refractivity contribution >= 4 is 40.6 Å². The van der Waals surface area contributed by atoms with E-state index < -0.39 is 47.3 Å². The summed E-state index contributed by atoms with van der Waals surface area (Å²) in [6.45, 7) is 7.36. The van der Waals surface area contributed by atoms with Crippen molar-refractivity contribution in [2.45, 2.75) is 83.5 Å². The number of nitrogens with zero attached hydrogens (tertiary/aromatic N) is 2. The van der Waals surface area contributed by atoms with Gasteiger partial charge >= 0.3 is 6.03 Å². The fourth-order valence-corrected chi connectivity index (χ4v) is 6.94. The highest BCUT2D eigenvalue weighted by molar-refractivity contribution is 6.08. The maximum atomic E-state index is 14.5. The van der Waals surface area contributed by atoms with E-state index in [2.05, 4.69) is 22.0 Å². The van der Waals surface area contributed by atoms with Crippen molar-refractivity contribution < 1.29 is 24.0 Å². The third-order valence-electron chi connectivity index (χ3n) is 9.58. The normalized spacial score (nSPS) is 20.7. The van der Waals surface area contributed by atoms with Gasteiger partial charge in [-0.15, -0.1) is 0 Å². The topological polar surface area (TPSA) is 182 Å². The number of hydrogen-bond acceptors (Lipinski definition) is 6. The van der Waals surface area contributed by atoms with Crippen LogP contribution in [0.25, 0.3) is 10.9 Å². The number of hydrogen-bond donors (Lipinski definition) is 5. The lowest BCUT2D eigenvalue weighted by atomic mass is 9.85. The molecule has 0 radical (unpaired) electrons. The molecule has 7 N–H and O–H groups in total. The van der Waals surface area contributed by atoms with Crippen LogP contribution in [-0.2, 0) is 20.8 Å². The van der Waals surface area contributed by atoms with Gasteiger partial charge in [-0.2, -0.15) is 0 Å². The molecule has 12 nitrogen and oxygen atoms in total. The number of nitrogens with two attached hydrogens (primary N) is 2. The molecule has 2 aromatic carbocycles. The summed E-state index contributed by atoms with van der Waals surface area (Å²) in [4.78, 5) is 68.4. The van der Waals surface area contributed by atoms with E-state index in [-0.39, 0.29) is 36.4 Å². The standard InChI is InChI=1S/C35H45N7O5/c1-19(38-5)31(44)40-29(35(2,3)4)33(46)41-18-21(27-17-24-23(30(36)43)13-9-15-26(24)42(27)34(37)47)16-28(41)32(45)39-25-14-8-11-20-10-6-7-12-22(20)25/h6-7,9-10,12-13,15,17,19,21,25,28-29,38H,8,11,14,16,18H2,1-5H3,(H2,36,43)(H2,37,47)(H,39,45)(H,40,44)/t19?,21-,25+,28-,29?/m0/s1. The van der Waals surface area contributed by atoms with Crippen LogP contribution in [0, 0.1) is 5.41 Å². The molecule has 0 bridgehead atoms. The number of likely N-dealkylation sites (tertiary alicyclic amines) is 1. The Balaban J connectivity index is 1.55. The Morgan fingerprint density at radius 2 is 1.72 bits per heavy atom. The third-order valence-corrected chi connectivity index (χ3v) is 9.58. The number of amides is 5. The fraction of sp³-hybridized carbons (Fsp3) is 0.457. The first-order valence-corrected chi connectivity index (χ1v) is 16.1. The van der Waals surface area contributed by atoms with Crippen LogP contribution >= 0.6 is 0 Å². The summed E-state index contributed by atoms with van der Waals surface area (Å²) < 4.78 is 1.32. The van der Waals surface area contributed by atoms with E-state index in [4.69, 9.17) is 11.5 Å². The first-order chi connectivity index (χ1) is 22.2. The number of primary amides is 2. The van der Waals surface area contributed by atoms with Gasteiger partial charge in [0.15, 0.2) is 0 Å². The van der Waals surface area contributed by atoms with Gasteiger partial charge in [0.2, 0.25) is 23.6 Å². The predicted molar refractivity (Wildman–Crippen MR) is 178 cm³/mol. The molecule has 1 aliphatic carbocycles. The molecule has 0 spiro atoms. The van der Waals surface area contributed by atoms with Crippen LogP contribution in [-0.4, -0.2) is 70.8 Å². The summed E-state index contributed by atoms with van der Waals surface area (Å²) in [7, 11) is 1.66. The van der Waals surface area contributed by atoms with Crippen LogP contribution in [0.15, 0.2) is 48.5 Å². The van der Waals surface area contributed by atoms with Crippen molar-refractivity contribution in [3.63, 3.8) is 0 Å². The van der Waals surface area contributed by atoms with Crippen LogP contribution in [0.4, 0.5) is 4.79 Å². The highest BCUT2D eigenvalue weighted by Gasteiger charge is 2.46. The van der Waals surface area contributed by atoms with Gasteiger partial charge in [0.25, 0.3) is 0 Å².